The predicted octanol–water partition coefficient (Wildman–Crippen LogP) is 1.94. The minimum Gasteiger partial charge on any atom is -0.377 e. The highest BCUT2D eigenvalue weighted by molar-refractivity contribution is 9.09. The number of rotatable bonds is 5. The lowest BCUT2D eigenvalue weighted by Gasteiger charge is -2.31. The van der Waals surface area contributed by atoms with E-state index < -0.39 is 4.92 Å². The molecule has 8 heteroatoms. The Bertz CT molecular complexity index is 483. The number of nitrogens with zero attached hydrogens (tertiary/aromatic N) is 2. The van der Waals surface area contributed by atoms with Gasteiger partial charge in [-0.1, -0.05) is 15.9 Å². The number of halogens is 1. The molecule has 0 aromatic carbocycles. The number of aromatic nitrogens is 1. The van der Waals surface area contributed by atoms with Gasteiger partial charge in [-0.05, 0) is 12.8 Å². The van der Waals surface area contributed by atoms with Crippen LogP contribution >= 0.6 is 15.9 Å². The maximum atomic E-state index is 12.2. The first-order valence-corrected chi connectivity index (χ1v) is 7.53. The number of likely N-dealkylation sites (tertiary alicyclic amines) is 1. The first kappa shape index (κ1) is 15.0. The van der Waals surface area contributed by atoms with Crippen molar-refractivity contribution in [2.45, 2.75) is 18.9 Å². The molecule has 1 amide bonds. The van der Waals surface area contributed by atoms with Gasteiger partial charge in [0.15, 0.2) is 0 Å². The van der Waals surface area contributed by atoms with Crippen molar-refractivity contribution in [1.29, 1.82) is 0 Å². The zero-order valence-corrected chi connectivity index (χ0v) is 12.5. The molecule has 7 nitrogen and oxygen atoms in total. The third kappa shape index (κ3) is 3.57. The van der Waals surface area contributed by atoms with Crippen LogP contribution in [0.4, 0.5) is 5.69 Å². The van der Waals surface area contributed by atoms with Gasteiger partial charge in [0.2, 0.25) is 0 Å². The summed E-state index contributed by atoms with van der Waals surface area (Å²) < 4.78 is 5.62. The first-order chi connectivity index (χ1) is 9.61. The average Bonchev–Trinajstić information content (AvgIpc) is 2.95. The molecule has 1 fully saturated rings. The van der Waals surface area contributed by atoms with Crippen LogP contribution in [0.15, 0.2) is 12.3 Å². The van der Waals surface area contributed by atoms with Gasteiger partial charge < -0.3 is 14.6 Å². The van der Waals surface area contributed by atoms with Crippen LogP contribution in [-0.4, -0.2) is 51.8 Å². The molecule has 1 aromatic heterocycles. The summed E-state index contributed by atoms with van der Waals surface area (Å²) in [4.78, 5) is 26.6. The van der Waals surface area contributed by atoms with Crippen molar-refractivity contribution in [3.63, 3.8) is 0 Å². The Morgan fingerprint density at radius 2 is 2.25 bits per heavy atom. The number of alkyl halides is 1. The Hall–Kier alpha value is -1.41. The number of nitrogens with one attached hydrogen (secondary N) is 1. The zero-order chi connectivity index (χ0) is 14.5. The van der Waals surface area contributed by atoms with Gasteiger partial charge in [0.05, 0.1) is 23.8 Å². The largest absolute Gasteiger partial charge is 0.377 e. The molecule has 0 atom stereocenters. The third-order valence-corrected chi connectivity index (χ3v) is 3.59. The monoisotopic (exact) mass is 345 g/mol. The van der Waals surface area contributed by atoms with E-state index in [2.05, 4.69) is 20.9 Å². The van der Waals surface area contributed by atoms with Crippen molar-refractivity contribution in [2.24, 2.45) is 0 Å². The van der Waals surface area contributed by atoms with Crippen molar-refractivity contribution in [1.82, 2.24) is 9.88 Å². The molecule has 0 aliphatic carbocycles. The molecule has 1 aliphatic rings. The van der Waals surface area contributed by atoms with Crippen molar-refractivity contribution in [3.8, 4) is 0 Å². The second-order valence-corrected chi connectivity index (χ2v) is 5.37. The van der Waals surface area contributed by atoms with Gasteiger partial charge in [0.25, 0.3) is 11.6 Å². The Kier molecular flexibility index (Phi) is 5.13. The number of hydrogen-bond acceptors (Lipinski definition) is 4. The van der Waals surface area contributed by atoms with E-state index in [1.54, 1.807) is 4.90 Å². The Morgan fingerprint density at radius 1 is 1.55 bits per heavy atom. The van der Waals surface area contributed by atoms with E-state index in [9.17, 15) is 14.9 Å². The maximum Gasteiger partial charge on any atom is 0.287 e. The summed E-state index contributed by atoms with van der Waals surface area (Å²) in [5, 5.41) is 11.4. The Labute approximate surface area is 124 Å². The maximum absolute atomic E-state index is 12.2. The quantitative estimate of drug-likeness (QED) is 0.501. The lowest BCUT2D eigenvalue weighted by atomic mass is 10.1. The van der Waals surface area contributed by atoms with Gasteiger partial charge in [-0.15, -0.1) is 0 Å². The van der Waals surface area contributed by atoms with Crippen molar-refractivity contribution in [2.75, 3.05) is 25.0 Å². The van der Waals surface area contributed by atoms with Gasteiger partial charge in [0.1, 0.15) is 5.69 Å². The standard InChI is InChI=1S/C12H16BrN3O4/c13-3-6-20-10-1-4-15(5-2-10)12(17)11-7-9(8-14-11)16(18)19/h7-8,10,14H,1-6H2. The number of aromatic amines is 1. The van der Waals surface area contributed by atoms with Crippen LogP contribution in [0.25, 0.3) is 0 Å². The Morgan fingerprint density at radius 3 is 2.80 bits per heavy atom. The number of amides is 1. The molecule has 110 valence electrons. The van der Waals surface area contributed by atoms with E-state index in [0.717, 1.165) is 18.2 Å². The molecular weight excluding hydrogens is 330 g/mol. The van der Waals surface area contributed by atoms with Crippen LogP contribution in [0.5, 0.6) is 0 Å². The van der Waals surface area contributed by atoms with Crippen molar-refractivity contribution >= 4 is 27.5 Å². The second-order valence-electron chi connectivity index (χ2n) is 4.58. The molecule has 0 spiro atoms. The zero-order valence-electron chi connectivity index (χ0n) is 10.9. The minimum absolute atomic E-state index is 0.0936. The number of piperidine rings is 1. The number of ether oxygens (including phenoxy) is 1. The Balaban J connectivity index is 1.89. The van der Waals surface area contributed by atoms with Crippen LogP contribution in [0.2, 0.25) is 0 Å². The first-order valence-electron chi connectivity index (χ1n) is 6.41. The van der Waals surface area contributed by atoms with E-state index in [1.165, 1.54) is 12.3 Å². The third-order valence-electron chi connectivity index (χ3n) is 3.27. The molecule has 0 saturated carbocycles. The van der Waals surface area contributed by atoms with Gasteiger partial charge in [-0.2, -0.15) is 0 Å². The number of carbonyl (C=O) groups is 1. The normalized spacial score (nSPS) is 16.4. The number of hydrogen-bond donors (Lipinski definition) is 1. The summed E-state index contributed by atoms with van der Waals surface area (Å²) in [5.74, 6) is -0.197. The summed E-state index contributed by atoms with van der Waals surface area (Å²) in [7, 11) is 0. The molecule has 2 rings (SSSR count). The number of nitro groups is 1. The summed E-state index contributed by atoms with van der Waals surface area (Å²) in [5.41, 5.74) is 0.167. The molecule has 1 saturated heterocycles. The van der Waals surface area contributed by atoms with E-state index in [4.69, 9.17) is 4.74 Å². The van der Waals surface area contributed by atoms with E-state index in [-0.39, 0.29) is 23.4 Å². The summed E-state index contributed by atoms with van der Waals surface area (Å²) in [6.07, 6.45) is 3.01. The van der Waals surface area contributed by atoms with Crippen molar-refractivity contribution in [3.05, 3.63) is 28.1 Å². The molecule has 1 aliphatic heterocycles. The number of carbonyl (C=O) groups excluding carboxylic acids is 1. The molecule has 0 unspecified atom stereocenters. The fourth-order valence-corrected chi connectivity index (χ4v) is 2.41. The second kappa shape index (κ2) is 6.85. The van der Waals surface area contributed by atoms with Crippen LogP contribution < -0.4 is 0 Å². The highest BCUT2D eigenvalue weighted by atomic mass is 79.9. The number of H-pyrrole nitrogens is 1. The van der Waals surface area contributed by atoms with Crippen LogP contribution in [0.3, 0.4) is 0 Å². The highest BCUT2D eigenvalue weighted by Gasteiger charge is 2.25. The molecule has 20 heavy (non-hydrogen) atoms. The molecule has 2 heterocycles. The van der Waals surface area contributed by atoms with Gasteiger partial charge in [-0.25, -0.2) is 0 Å². The van der Waals surface area contributed by atoms with Crippen LogP contribution in [-0.2, 0) is 4.74 Å². The van der Waals surface area contributed by atoms with Gasteiger partial charge in [0, 0.05) is 24.5 Å². The van der Waals surface area contributed by atoms with Crippen molar-refractivity contribution < 1.29 is 14.5 Å². The molecule has 1 N–H and O–H groups in total. The summed E-state index contributed by atoms with van der Waals surface area (Å²) in [6, 6.07) is 1.27. The lowest BCUT2D eigenvalue weighted by Crippen LogP contribution is -2.41. The molecule has 0 radical (unpaired) electrons. The fourth-order valence-electron chi connectivity index (χ4n) is 2.22. The summed E-state index contributed by atoms with van der Waals surface area (Å²) >= 11 is 3.31. The topological polar surface area (TPSA) is 88.5 Å². The minimum atomic E-state index is -0.520. The van der Waals surface area contributed by atoms with Gasteiger partial charge >= 0.3 is 0 Å². The highest BCUT2D eigenvalue weighted by Crippen LogP contribution is 2.18. The summed E-state index contributed by atoms with van der Waals surface area (Å²) in [6.45, 7) is 1.89. The van der Waals surface area contributed by atoms with Crippen LogP contribution in [0.1, 0.15) is 23.3 Å². The van der Waals surface area contributed by atoms with Gasteiger partial charge in [-0.3, -0.25) is 14.9 Å². The predicted molar refractivity (Wildman–Crippen MR) is 76.1 cm³/mol. The van der Waals surface area contributed by atoms with E-state index >= 15 is 0 Å². The SMILES string of the molecule is O=C(c1cc([N+](=O)[O-])c[nH]1)N1CCC(OCCBr)CC1. The molecule has 1 aromatic rings. The van der Waals surface area contributed by atoms with Crippen LogP contribution in [0, 0.1) is 10.1 Å². The fraction of sp³-hybridized carbons (Fsp3) is 0.583. The molecular formula is C12H16BrN3O4. The van der Waals surface area contributed by atoms with E-state index in [0.29, 0.717) is 19.7 Å². The lowest BCUT2D eigenvalue weighted by molar-refractivity contribution is -0.384. The molecule has 0 bridgehead atoms. The smallest absolute Gasteiger partial charge is 0.287 e. The van der Waals surface area contributed by atoms with E-state index in [1.807, 2.05) is 0 Å². The average molecular weight is 346 g/mol.